The smallest absolute Gasteiger partial charge is 0.352 e. The van der Waals surface area contributed by atoms with E-state index in [-0.39, 0.29) is 11.1 Å². The molecule has 0 saturated heterocycles. The number of esters is 4. The molecule has 6 heteroatoms. The molecule has 0 aromatic carbocycles. The fourth-order valence-electron chi connectivity index (χ4n) is 0.549. The zero-order valence-corrected chi connectivity index (χ0v) is 10.1. The Kier molecular flexibility index (Phi) is 5.41. The van der Waals surface area contributed by atoms with Crippen molar-refractivity contribution in [3.63, 3.8) is 0 Å². The van der Waals surface area contributed by atoms with Gasteiger partial charge in [-0.3, -0.25) is 0 Å². The highest BCUT2D eigenvalue weighted by molar-refractivity contribution is 6.18. The van der Waals surface area contributed by atoms with Gasteiger partial charge in [-0.1, -0.05) is 19.7 Å². The second kappa shape index (κ2) is 6.29. The summed E-state index contributed by atoms with van der Waals surface area (Å²) in [7, 11) is 0. The van der Waals surface area contributed by atoms with Gasteiger partial charge in [-0.05, 0) is 13.8 Å². The number of hydrogen-bond acceptors (Lipinski definition) is 6. The van der Waals surface area contributed by atoms with Crippen LogP contribution in [0.5, 0.6) is 0 Å². The predicted molar refractivity (Wildman–Crippen MR) is 61.0 cm³/mol. The Bertz CT molecular complexity index is 427. The van der Waals surface area contributed by atoms with E-state index >= 15 is 0 Å². The van der Waals surface area contributed by atoms with Crippen LogP contribution in [0, 0.1) is 0 Å². The quantitative estimate of drug-likeness (QED) is 0.319. The Morgan fingerprint density at radius 2 is 0.944 bits per heavy atom. The van der Waals surface area contributed by atoms with Crippen LogP contribution in [0.3, 0.4) is 0 Å². The first-order valence-electron chi connectivity index (χ1n) is 4.69. The van der Waals surface area contributed by atoms with Crippen molar-refractivity contribution in [2.45, 2.75) is 13.8 Å². The van der Waals surface area contributed by atoms with Crippen molar-refractivity contribution in [1.29, 1.82) is 0 Å². The maximum Gasteiger partial charge on any atom is 0.352 e. The van der Waals surface area contributed by atoms with E-state index in [1.807, 2.05) is 0 Å². The molecule has 0 aromatic heterocycles. The lowest BCUT2D eigenvalue weighted by atomic mass is 10.3. The topological polar surface area (TPSA) is 86.7 Å². The fraction of sp³-hybridized carbons (Fsp3) is 0.167. The van der Waals surface area contributed by atoms with E-state index in [4.69, 9.17) is 0 Å². The Balaban J connectivity index is 4.57. The average Bonchev–Trinajstić information content (AvgIpc) is 2.27. The van der Waals surface area contributed by atoms with E-state index < -0.39 is 29.5 Å². The van der Waals surface area contributed by atoms with Crippen LogP contribution < -0.4 is 0 Å². The number of carbonyl (C=O) groups is 4. The van der Waals surface area contributed by atoms with E-state index in [1.54, 1.807) is 0 Å². The first-order chi connectivity index (χ1) is 8.16. The van der Waals surface area contributed by atoms with E-state index in [1.165, 1.54) is 13.8 Å². The molecule has 0 atom stereocenters. The Morgan fingerprint density at radius 1 is 0.667 bits per heavy atom. The monoisotopic (exact) mass is 252 g/mol. The summed E-state index contributed by atoms with van der Waals surface area (Å²) in [6, 6.07) is 0. The van der Waals surface area contributed by atoms with Gasteiger partial charge in [-0.15, -0.1) is 0 Å². The Labute approximate surface area is 104 Å². The van der Waals surface area contributed by atoms with Crippen LogP contribution in [0.1, 0.15) is 13.8 Å². The molecule has 0 aliphatic heterocycles. The lowest BCUT2D eigenvalue weighted by Gasteiger charge is -2.05. The third-order valence-electron chi connectivity index (χ3n) is 1.56. The van der Waals surface area contributed by atoms with Gasteiger partial charge >= 0.3 is 23.9 Å². The van der Waals surface area contributed by atoms with Gasteiger partial charge in [0.2, 0.25) is 0 Å². The number of carbonyl (C=O) groups excluding carboxylic acids is 4. The van der Waals surface area contributed by atoms with Gasteiger partial charge in [0.1, 0.15) is 5.57 Å². The van der Waals surface area contributed by atoms with E-state index in [9.17, 15) is 19.2 Å². The van der Waals surface area contributed by atoms with E-state index in [0.29, 0.717) is 0 Å². The van der Waals surface area contributed by atoms with Crippen molar-refractivity contribution in [2.75, 3.05) is 0 Å². The molecule has 0 aliphatic rings. The molecule has 0 amide bonds. The third-order valence-corrected chi connectivity index (χ3v) is 1.56. The summed E-state index contributed by atoms with van der Waals surface area (Å²) in [4.78, 5) is 44.5. The summed E-state index contributed by atoms with van der Waals surface area (Å²) in [5.74, 6) is -4.61. The third kappa shape index (κ3) is 4.56. The molecule has 18 heavy (non-hydrogen) atoms. The highest BCUT2D eigenvalue weighted by atomic mass is 16.6. The van der Waals surface area contributed by atoms with Gasteiger partial charge < -0.3 is 9.47 Å². The van der Waals surface area contributed by atoms with Gasteiger partial charge in [0.05, 0.1) is 0 Å². The molecule has 0 unspecified atom stereocenters. The predicted octanol–water partition coefficient (Wildman–Crippen LogP) is 0.834. The summed E-state index contributed by atoms with van der Waals surface area (Å²) in [6.45, 7) is 12.2. The van der Waals surface area contributed by atoms with Crippen molar-refractivity contribution in [3.05, 3.63) is 36.5 Å². The van der Waals surface area contributed by atoms with Gasteiger partial charge in [0.15, 0.2) is 0 Å². The lowest BCUT2D eigenvalue weighted by Crippen LogP contribution is -2.22. The van der Waals surface area contributed by atoms with E-state index in [2.05, 4.69) is 29.2 Å². The minimum absolute atomic E-state index is 0.0254. The number of ether oxygens (including phenoxy) is 2. The molecular weight excluding hydrogens is 240 g/mol. The van der Waals surface area contributed by atoms with Crippen molar-refractivity contribution in [2.24, 2.45) is 0 Å². The van der Waals surface area contributed by atoms with E-state index in [0.717, 1.165) is 0 Å². The maximum atomic E-state index is 11.2. The summed E-state index contributed by atoms with van der Waals surface area (Å²) in [5, 5.41) is 0. The zero-order chi connectivity index (χ0) is 14.5. The summed E-state index contributed by atoms with van der Waals surface area (Å²) in [5.41, 5.74) is -0.829. The molecule has 0 bridgehead atoms. The zero-order valence-electron chi connectivity index (χ0n) is 10.1. The molecule has 0 rings (SSSR count). The SMILES string of the molecule is C=C(C)C(=O)OC(=O)C(=C)C(=O)OC(=O)C(=C)C. The molecule has 0 aromatic rings. The second-order valence-corrected chi connectivity index (χ2v) is 3.39. The summed E-state index contributed by atoms with van der Waals surface area (Å²) in [6.07, 6.45) is 0. The van der Waals surface area contributed by atoms with Crippen molar-refractivity contribution >= 4 is 23.9 Å². The first kappa shape index (κ1) is 15.5. The van der Waals surface area contributed by atoms with Crippen LogP contribution in [0.4, 0.5) is 0 Å². The molecule has 0 spiro atoms. The van der Waals surface area contributed by atoms with Crippen LogP contribution in [0.15, 0.2) is 36.5 Å². The molecule has 6 nitrogen and oxygen atoms in total. The van der Waals surface area contributed by atoms with Crippen molar-refractivity contribution in [3.8, 4) is 0 Å². The molecule has 0 radical (unpaired) electrons. The van der Waals surface area contributed by atoms with Crippen LogP contribution in [0.2, 0.25) is 0 Å². The van der Waals surface area contributed by atoms with Crippen molar-refractivity contribution in [1.82, 2.24) is 0 Å². The maximum absolute atomic E-state index is 11.2. The molecule has 0 heterocycles. The Morgan fingerprint density at radius 3 is 1.17 bits per heavy atom. The molecule has 0 N–H and O–H groups in total. The van der Waals surface area contributed by atoms with Gasteiger partial charge in [-0.2, -0.15) is 0 Å². The molecule has 0 saturated carbocycles. The minimum Gasteiger partial charge on any atom is -0.386 e. The Hall–Kier alpha value is -2.50. The highest BCUT2D eigenvalue weighted by Gasteiger charge is 2.24. The fourth-order valence-corrected chi connectivity index (χ4v) is 0.549. The second-order valence-electron chi connectivity index (χ2n) is 3.39. The lowest BCUT2D eigenvalue weighted by molar-refractivity contribution is -0.158. The van der Waals surface area contributed by atoms with Crippen molar-refractivity contribution < 1.29 is 28.7 Å². The molecule has 0 fully saturated rings. The molecule has 96 valence electrons. The normalized spacial score (nSPS) is 9.00. The largest absolute Gasteiger partial charge is 0.386 e. The van der Waals surface area contributed by atoms with Crippen LogP contribution >= 0.6 is 0 Å². The average molecular weight is 252 g/mol. The summed E-state index contributed by atoms with van der Waals surface area (Å²) < 4.78 is 8.45. The molecular formula is C12H12O6. The van der Waals surface area contributed by atoms with Gasteiger partial charge in [0, 0.05) is 11.1 Å². The number of hydrogen-bond donors (Lipinski definition) is 0. The molecule has 0 aliphatic carbocycles. The number of rotatable bonds is 4. The van der Waals surface area contributed by atoms with Crippen LogP contribution in [-0.2, 0) is 28.7 Å². The standard InChI is InChI=1S/C12H12O6/c1-6(2)9(13)17-11(15)8(5)12(16)18-10(14)7(3)4/h1,3,5H2,2,4H3. The highest BCUT2D eigenvalue weighted by Crippen LogP contribution is 2.04. The summed E-state index contributed by atoms with van der Waals surface area (Å²) >= 11 is 0. The van der Waals surface area contributed by atoms with Gasteiger partial charge in [0.25, 0.3) is 0 Å². The van der Waals surface area contributed by atoms with Gasteiger partial charge in [-0.25, -0.2) is 19.2 Å². The van der Waals surface area contributed by atoms with Crippen LogP contribution in [-0.4, -0.2) is 23.9 Å². The minimum atomic E-state index is -1.30. The van der Waals surface area contributed by atoms with Crippen LogP contribution in [0.25, 0.3) is 0 Å². The first-order valence-corrected chi connectivity index (χ1v) is 4.69.